The Morgan fingerprint density at radius 1 is 1.42 bits per heavy atom. The van der Waals surface area contributed by atoms with Gasteiger partial charge in [0.25, 0.3) is 5.56 Å². The zero-order chi connectivity index (χ0) is 14.6. The second-order valence-electron chi connectivity index (χ2n) is 5.57. The summed E-state index contributed by atoms with van der Waals surface area (Å²) in [5.74, 6) is -0.165. The zero-order valence-electron chi connectivity index (χ0n) is 12.1. The summed E-state index contributed by atoms with van der Waals surface area (Å²) in [6, 6.07) is 2.86. The number of pyridine rings is 1. The van der Waals surface area contributed by atoms with E-state index in [9.17, 15) is 9.59 Å². The molecular weight excluding hydrogens is 242 g/mol. The molecule has 2 N–H and O–H groups in total. The molecular formula is C14H23N3O2. The van der Waals surface area contributed by atoms with Crippen molar-refractivity contribution < 1.29 is 4.79 Å². The monoisotopic (exact) mass is 265 g/mol. The molecule has 0 bridgehead atoms. The van der Waals surface area contributed by atoms with E-state index < -0.39 is 11.9 Å². The Morgan fingerprint density at radius 2 is 2.05 bits per heavy atom. The van der Waals surface area contributed by atoms with E-state index in [1.807, 2.05) is 38.9 Å². The Labute approximate surface area is 114 Å². The van der Waals surface area contributed by atoms with E-state index in [1.165, 1.54) is 4.57 Å². The van der Waals surface area contributed by atoms with Crippen molar-refractivity contribution in [1.29, 1.82) is 0 Å². The lowest BCUT2D eigenvalue weighted by Crippen LogP contribution is -2.34. The van der Waals surface area contributed by atoms with Gasteiger partial charge in [-0.2, -0.15) is 0 Å². The second kappa shape index (κ2) is 6.52. The molecule has 1 amide bonds. The minimum absolute atomic E-state index is 0.177. The molecule has 106 valence electrons. The molecule has 1 aromatic heterocycles. The van der Waals surface area contributed by atoms with Gasteiger partial charge < -0.3 is 15.2 Å². The lowest BCUT2D eigenvalue weighted by atomic mass is 10.0. The first-order valence-corrected chi connectivity index (χ1v) is 6.46. The van der Waals surface area contributed by atoms with E-state index in [2.05, 4.69) is 0 Å². The molecule has 0 aromatic carbocycles. The number of hydrogen-bond acceptors (Lipinski definition) is 3. The summed E-state index contributed by atoms with van der Waals surface area (Å²) in [6.45, 7) is 4.70. The largest absolute Gasteiger partial charge is 0.368 e. The van der Waals surface area contributed by atoms with Crippen LogP contribution in [0.15, 0.2) is 23.1 Å². The number of nitrogens with zero attached hydrogens (tertiary/aromatic N) is 2. The molecule has 5 nitrogen and oxygen atoms in total. The number of carbonyl (C=O) groups is 1. The standard InChI is InChI=1S/C14H23N3O2/c1-10(2)7-12(14(15)19)17-6-5-11(8-13(17)18)9-16(3)4/h5-6,8,10,12H,7,9H2,1-4H3,(H2,15,19). The summed E-state index contributed by atoms with van der Waals surface area (Å²) < 4.78 is 1.43. The first-order valence-electron chi connectivity index (χ1n) is 6.46. The van der Waals surface area contributed by atoms with E-state index in [0.29, 0.717) is 18.9 Å². The van der Waals surface area contributed by atoms with Crippen LogP contribution in [0.5, 0.6) is 0 Å². The van der Waals surface area contributed by atoms with Crippen LogP contribution in [0.4, 0.5) is 0 Å². The molecule has 1 unspecified atom stereocenters. The molecule has 0 saturated carbocycles. The Hall–Kier alpha value is -1.62. The van der Waals surface area contributed by atoms with Gasteiger partial charge in [-0.05, 0) is 38.1 Å². The third-order valence-corrected chi connectivity index (χ3v) is 2.87. The van der Waals surface area contributed by atoms with Crippen molar-refractivity contribution in [1.82, 2.24) is 9.47 Å². The van der Waals surface area contributed by atoms with Crippen molar-refractivity contribution in [2.75, 3.05) is 14.1 Å². The van der Waals surface area contributed by atoms with Crippen LogP contribution in [0, 0.1) is 5.92 Å². The maximum Gasteiger partial charge on any atom is 0.251 e. The molecule has 0 spiro atoms. The topological polar surface area (TPSA) is 68.3 Å². The molecule has 5 heteroatoms. The second-order valence-corrected chi connectivity index (χ2v) is 5.57. The number of carbonyl (C=O) groups excluding carboxylic acids is 1. The summed E-state index contributed by atoms with van der Waals surface area (Å²) >= 11 is 0. The molecule has 1 rings (SSSR count). The van der Waals surface area contributed by atoms with Gasteiger partial charge in [0.1, 0.15) is 6.04 Å². The van der Waals surface area contributed by atoms with Crippen LogP contribution in [0.25, 0.3) is 0 Å². The van der Waals surface area contributed by atoms with Gasteiger partial charge >= 0.3 is 0 Å². The van der Waals surface area contributed by atoms with Crippen LogP contribution in [-0.2, 0) is 11.3 Å². The summed E-state index contributed by atoms with van der Waals surface area (Å²) in [7, 11) is 3.88. The molecule has 0 saturated heterocycles. The highest BCUT2D eigenvalue weighted by Gasteiger charge is 2.19. The van der Waals surface area contributed by atoms with E-state index >= 15 is 0 Å². The lowest BCUT2D eigenvalue weighted by molar-refractivity contribution is -0.121. The zero-order valence-corrected chi connectivity index (χ0v) is 12.1. The number of hydrogen-bond donors (Lipinski definition) is 1. The number of amides is 1. The molecule has 1 atom stereocenters. The van der Waals surface area contributed by atoms with Gasteiger partial charge in [-0.1, -0.05) is 13.8 Å². The summed E-state index contributed by atoms with van der Waals surface area (Å²) in [5.41, 5.74) is 6.15. The first kappa shape index (κ1) is 15.4. The minimum Gasteiger partial charge on any atom is -0.368 e. The fourth-order valence-corrected chi connectivity index (χ4v) is 2.07. The van der Waals surface area contributed by atoms with Gasteiger partial charge in [-0.3, -0.25) is 9.59 Å². The third-order valence-electron chi connectivity index (χ3n) is 2.87. The van der Waals surface area contributed by atoms with E-state index in [4.69, 9.17) is 5.73 Å². The van der Waals surface area contributed by atoms with Crippen molar-refractivity contribution in [2.24, 2.45) is 11.7 Å². The number of nitrogens with two attached hydrogens (primary N) is 1. The van der Waals surface area contributed by atoms with Crippen molar-refractivity contribution >= 4 is 5.91 Å². The predicted molar refractivity (Wildman–Crippen MR) is 75.8 cm³/mol. The number of rotatable bonds is 6. The molecule has 0 fully saturated rings. The maximum atomic E-state index is 12.1. The maximum absolute atomic E-state index is 12.1. The van der Waals surface area contributed by atoms with E-state index in [-0.39, 0.29) is 5.56 Å². The molecule has 0 radical (unpaired) electrons. The van der Waals surface area contributed by atoms with Gasteiger partial charge in [-0.25, -0.2) is 0 Å². The molecule has 0 aliphatic heterocycles. The van der Waals surface area contributed by atoms with Crippen LogP contribution < -0.4 is 11.3 Å². The minimum atomic E-state index is -0.569. The van der Waals surface area contributed by atoms with Crippen LogP contribution in [0.3, 0.4) is 0 Å². The molecule has 19 heavy (non-hydrogen) atoms. The highest BCUT2D eigenvalue weighted by molar-refractivity contribution is 5.78. The summed E-state index contributed by atoms with van der Waals surface area (Å²) in [4.78, 5) is 25.6. The van der Waals surface area contributed by atoms with Gasteiger partial charge in [0, 0.05) is 18.8 Å². The van der Waals surface area contributed by atoms with Gasteiger partial charge in [-0.15, -0.1) is 0 Å². The Balaban J connectivity index is 3.05. The number of primary amides is 1. The third kappa shape index (κ3) is 4.52. The van der Waals surface area contributed by atoms with Crippen LogP contribution >= 0.6 is 0 Å². The quantitative estimate of drug-likeness (QED) is 0.833. The Bertz CT molecular complexity index is 492. The van der Waals surface area contributed by atoms with E-state index in [0.717, 1.165) is 5.56 Å². The molecule has 1 aromatic rings. The molecule has 0 aliphatic carbocycles. The average molecular weight is 265 g/mol. The van der Waals surface area contributed by atoms with Crippen molar-refractivity contribution in [3.05, 3.63) is 34.2 Å². The van der Waals surface area contributed by atoms with Crippen molar-refractivity contribution in [3.63, 3.8) is 0 Å². The van der Waals surface area contributed by atoms with Crippen LogP contribution in [-0.4, -0.2) is 29.5 Å². The first-order chi connectivity index (χ1) is 8.81. The average Bonchev–Trinajstić information content (AvgIpc) is 2.25. The smallest absolute Gasteiger partial charge is 0.251 e. The predicted octanol–water partition coefficient (Wildman–Crippen LogP) is 0.982. The number of aromatic nitrogens is 1. The Morgan fingerprint density at radius 3 is 2.47 bits per heavy atom. The van der Waals surface area contributed by atoms with Gasteiger partial charge in [0.05, 0.1) is 0 Å². The summed E-state index contributed by atoms with van der Waals surface area (Å²) in [5, 5.41) is 0. The highest BCUT2D eigenvalue weighted by atomic mass is 16.2. The fraction of sp³-hybridized carbons (Fsp3) is 0.571. The SMILES string of the molecule is CC(C)CC(C(N)=O)n1ccc(CN(C)C)cc1=O. The van der Waals surface area contributed by atoms with Crippen molar-refractivity contribution in [2.45, 2.75) is 32.9 Å². The molecule has 0 aliphatic rings. The Kier molecular flexibility index (Phi) is 5.30. The van der Waals surface area contributed by atoms with Gasteiger partial charge in [0.2, 0.25) is 5.91 Å². The van der Waals surface area contributed by atoms with E-state index in [1.54, 1.807) is 12.3 Å². The van der Waals surface area contributed by atoms with Crippen molar-refractivity contribution in [3.8, 4) is 0 Å². The normalized spacial score (nSPS) is 12.9. The highest BCUT2D eigenvalue weighted by Crippen LogP contribution is 2.15. The van der Waals surface area contributed by atoms with Crippen LogP contribution in [0.1, 0.15) is 31.9 Å². The van der Waals surface area contributed by atoms with Gasteiger partial charge in [0.15, 0.2) is 0 Å². The lowest BCUT2D eigenvalue weighted by Gasteiger charge is -2.19. The fourth-order valence-electron chi connectivity index (χ4n) is 2.07. The summed E-state index contributed by atoms with van der Waals surface area (Å²) in [6.07, 6.45) is 2.24. The molecule has 1 heterocycles. The van der Waals surface area contributed by atoms with Crippen LogP contribution in [0.2, 0.25) is 0 Å².